The molecule has 0 unspecified atom stereocenters. The first-order chi connectivity index (χ1) is 12.9. The third-order valence-corrected chi connectivity index (χ3v) is 5.94. The third kappa shape index (κ3) is 3.24. The SMILES string of the molecule is CC(=O)N1C[C@H]2CN(Cc3ccc(-c4cccc(Cl)c4)o3)C[C@@]2(C(=O)O)C1. The fourth-order valence-electron chi connectivity index (χ4n) is 4.31. The Morgan fingerprint density at radius 3 is 2.74 bits per heavy atom. The number of carbonyl (C=O) groups excluding carboxylic acids is 1. The maximum atomic E-state index is 12.0. The van der Waals surface area contributed by atoms with Crippen molar-refractivity contribution in [3.8, 4) is 11.3 Å². The molecule has 2 aliphatic rings. The second-order valence-electron chi connectivity index (χ2n) is 7.50. The summed E-state index contributed by atoms with van der Waals surface area (Å²) in [4.78, 5) is 27.4. The van der Waals surface area contributed by atoms with Gasteiger partial charge in [0.05, 0.1) is 6.54 Å². The summed E-state index contributed by atoms with van der Waals surface area (Å²) in [5.41, 5.74) is 0.0276. The summed E-state index contributed by atoms with van der Waals surface area (Å²) >= 11 is 6.04. The lowest BCUT2D eigenvalue weighted by Crippen LogP contribution is -2.41. The van der Waals surface area contributed by atoms with Gasteiger partial charge in [0.25, 0.3) is 0 Å². The number of halogens is 1. The van der Waals surface area contributed by atoms with Crippen LogP contribution in [0.5, 0.6) is 0 Å². The minimum Gasteiger partial charge on any atom is -0.481 e. The van der Waals surface area contributed by atoms with Crippen LogP contribution in [0.25, 0.3) is 11.3 Å². The van der Waals surface area contributed by atoms with Crippen LogP contribution < -0.4 is 0 Å². The number of hydrogen-bond acceptors (Lipinski definition) is 4. The molecule has 0 bridgehead atoms. The minimum atomic E-state index is -0.881. The molecular weight excluding hydrogens is 368 g/mol. The molecule has 2 fully saturated rings. The van der Waals surface area contributed by atoms with Crippen molar-refractivity contribution in [1.29, 1.82) is 0 Å². The molecule has 4 rings (SSSR count). The minimum absolute atomic E-state index is 0.0544. The normalized spacial score (nSPS) is 25.0. The third-order valence-electron chi connectivity index (χ3n) is 5.70. The first-order valence-electron chi connectivity index (χ1n) is 8.93. The van der Waals surface area contributed by atoms with Gasteiger partial charge >= 0.3 is 5.97 Å². The number of nitrogens with zero attached hydrogens (tertiary/aromatic N) is 2. The van der Waals surface area contributed by atoms with Crippen LogP contribution in [0.15, 0.2) is 40.8 Å². The highest BCUT2D eigenvalue weighted by Gasteiger charge is 2.58. The molecule has 27 heavy (non-hydrogen) atoms. The van der Waals surface area contributed by atoms with E-state index in [1.54, 1.807) is 4.90 Å². The molecule has 142 valence electrons. The number of furan rings is 1. The molecular formula is C20H21ClN2O4. The number of hydrogen-bond donors (Lipinski definition) is 1. The maximum absolute atomic E-state index is 12.0. The molecule has 0 radical (unpaired) electrons. The highest BCUT2D eigenvalue weighted by atomic mass is 35.5. The molecule has 7 heteroatoms. The molecule has 2 atom stereocenters. The average Bonchev–Trinajstić information content (AvgIpc) is 3.28. The fourth-order valence-corrected chi connectivity index (χ4v) is 4.50. The summed E-state index contributed by atoms with van der Waals surface area (Å²) in [6, 6.07) is 11.3. The number of rotatable bonds is 4. The number of amides is 1. The van der Waals surface area contributed by atoms with Gasteiger partial charge < -0.3 is 14.4 Å². The van der Waals surface area contributed by atoms with E-state index in [0.29, 0.717) is 31.2 Å². The molecule has 1 aromatic carbocycles. The second kappa shape index (κ2) is 6.69. The Labute approximate surface area is 162 Å². The molecule has 0 aliphatic carbocycles. The summed E-state index contributed by atoms with van der Waals surface area (Å²) in [5.74, 6) is 0.587. The summed E-state index contributed by atoms with van der Waals surface area (Å²) in [5, 5.41) is 10.5. The monoisotopic (exact) mass is 388 g/mol. The number of carboxylic acid groups (broad SMARTS) is 1. The molecule has 1 N–H and O–H groups in total. The van der Waals surface area contributed by atoms with Crippen LogP contribution in [0.4, 0.5) is 0 Å². The van der Waals surface area contributed by atoms with Crippen LogP contribution in [0, 0.1) is 11.3 Å². The van der Waals surface area contributed by atoms with Gasteiger partial charge in [0.15, 0.2) is 0 Å². The fraction of sp³-hybridized carbons (Fsp3) is 0.400. The molecule has 2 aromatic rings. The van der Waals surface area contributed by atoms with Crippen LogP contribution >= 0.6 is 11.6 Å². The quantitative estimate of drug-likeness (QED) is 0.871. The van der Waals surface area contributed by atoms with Gasteiger partial charge in [-0.25, -0.2) is 0 Å². The van der Waals surface area contributed by atoms with Gasteiger partial charge in [-0.15, -0.1) is 0 Å². The van der Waals surface area contributed by atoms with Gasteiger partial charge in [0.1, 0.15) is 16.9 Å². The van der Waals surface area contributed by atoms with E-state index in [1.165, 1.54) is 6.92 Å². The highest BCUT2D eigenvalue weighted by Crippen LogP contribution is 2.43. The van der Waals surface area contributed by atoms with E-state index in [2.05, 4.69) is 4.90 Å². The van der Waals surface area contributed by atoms with Crippen molar-refractivity contribution in [3.63, 3.8) is 0 Å². The Balaban J connectivity index is 1.48. The summed E-state index contributed by atoms with van der Waals surface area (Å²) in [6.45, 7) is 3.89. The number of aliphatic carboxylic acids is 1. The zero-order chi connectivity index (χ0) is 19.2. The summed E-state index contributed by atoms with van der Waals surface area (Å²) in [7, 11) is 0. The van der Waals surface area contributed by atoms with E-state index in [-0.39, 0.29) is 18.4 Å². The van der Waals surface area contributed by atoms with Crippen LogP contribution in [-0.2, 0) is 16.1 Å². The van der Waals surface area contributed by atoms with Gasteiger partial charge in [-0.2, -0.15) is 0 Å². The van der Waals surface area contributed by atoms with Crippen LogP contribution in [0.3, 0.4) is 0 Å². The van der Waals surface area contributed by atoms with Gasteiger partial charge in [0, 0.05) is 49.6 Å². The zero-order valence-electron chi connectivity index (χ0n) is 15.0. The molecule has 6 nitrogen and oxygen atoms in total. The van der Waals surface area contributed by atoms with E-state index >= 15 is 0 Å². The lowest BCUT2D eigenvalue weighted by Gasteiger charge is -2.24. The number of carbonyl (C=O) groups is 2. The zero-order valence-corrected chi connectivity index (χ0v) is 15.8. The molecule has 0 saturated carbocycles. The van der Waals surface area contributed by atoms with Crippen molar-refractivity contribution in [2.75, 3.05) is 26.2 Å². The Morgan fingerprint density at radius 1 is 1.26 bits per heavy atom. The van der Waals surface area contributed by atoms with E-state index in [0.717, 1.165) is 17.1 Å². The molecule has 0 spiro atoms. The van der Waals surface area contributed by atoms with E-state index in [4.69, 9.17) is 16.0 Å². The number of likely N-dealkylation sites (tertiary alicyclic amines) is 2. The second-order valence-corrected chi connectivity index (χ2v) is 7.94. The standard InChI is InChI=1S/C20H21ClN2O4/c1-13(24)23-9-15-8-22(11-20(15,12-23)19(25)26)10-17-5-6-18(27-17)14-3-2-4-16(21)7-14/h2-7,15H,8-12H2,1H3,(H,25,26)/t15-,20-/m1/s1. The molecule has 2 saturated heterocycles. The van der Waals surface area contributed by atoms with Gasteiger partial charge in [-0.1, -0.05) is 23.7 Å². The van der Waals surface area contributed by atoms with Gasteiger partial charge in [-0.05, 0) is 24.3 Å². The van der Waals surface area contributed by atoms with E-state index in [1.807, 2.05) is 36.4 Å². The van der Waals surface area contributed by atoms with Crippen molar-refractivity contribution in [3.05, 3.63) is 47.2 Å². The predicted octanol–water partition coefficient (Wildman–Crippen LogP) is 2.96. The van der Waals surface area contributed by atoms with E-state index < -0.39 is 11.4 Å². The average molecular weight is 389 g/mol. The Morgan fingerprint density at radius 2 is 2.07 bits per heavy atom. The molecule has 3 heterocycles. The van der Waals surface area contributed by atoms with E-state index in [9.17, 15) is 14.7 Å². The van der Waals surface area contributed by atoms with Crippen molar-refractivity contribution >= 4 is 23.5 Å². The number of benzene rings is 1. The van der Waals surface area contributed by atoms with Crippen molar-refractivity contribution in [1.82, 2.24) is 9.80 Å². The summed E-state index contributed by atoms with van der Waals surface area (Å²) < 4.78 is 5.95. The van der Waals surface area contributed by atoms with Crippen molar-refractivity contribution in [2.24, 2.45) is 11.3 Å². The smallest absolute Gasteiger partial charge is 0.313 e. The summed E-state index contributed by atoms with van der Waals surface area (Å²) in [6.07, 6.45) is 0. The maximum Gasteiger partial charge on any atom is 0.313 e. The van der Waals surface area contributed by atoms with Crippen molar-refractivity contribution in [2.45, 2.75) is 13.5 Å². The Bertz CT molecular complexity index is 896. The van der Waals surface area contributed by atoms with Crippen molar-refractivity contribution < 1.29 is 19.1 Å². The first-order valence-corrected chi connectivity index (χ1v) is 9.31. The Hall–Kier alpha value is -2.31. The molecule has 2 aliphatic heterocycles. The largest absolute Gasteiger partial charge is 0.481 e. The lowest BCUT2D eigenvalue weighted by atomic mass is 9.81. The number of carboxylic acids is 1. The number of fused-ring (bicyclic) bond motifs is 1. The van der Waals surface area contributed by atoms with Gasteiger partial charge in [-0.3, -0.25) is 14.5 Å². The lowest BCUT2D eigenvalue weighted by molar-refractivity contribution is -0.149. The Kier molecular flexibility index (Phi) is 4.48. The molecule has 1 aromatic heterocycles. The molecule has 1 amide bonds. The predicted molar refractivity (Wildman–Crippen MR) is 100 cm³/mol. The highest BCUT2D eigenvalue weighted by molar-refractivity contribution is 6.30. The topological polar surface area (TPSA) is 74.0 Å². The van der Waals surface area contributed by atoms with Gasteiger partial charge in [0.2, 0.25) is 5.91 Å². The van der Waals surface area contributed by atoms with Crippen LogP contribution in [0.1, 0.15) is 12.7 Å². The van der Waals surface area contributed by atoms with Crippen LogP contribution in [-0.4, -0.2) is 53.0 Å². The van der Waals surface area contributed by atoms with Crippen LogP contribution in [0.2, 0.25) is 5.02 Å². The first kappa shape index (κ1) is 18.1.